The fourth-order valence-corrected chi connectivity index (χ4v) is 8.75. The average Bonchev–Trinajstić information content (AvgIpc) is 3.75. The summed E-state index contributed by atoms with van der Waals surface area (Å²) >= 11 is 0. The maximum absolute atomic E-state index is 5.23. The standard InChI is InChI=1S/C47H31N3/c1-47(2)39-23-20-28(29-19-22-34-33-14-8-9-18-42(33)50(43(34)27-29)31-11-4-3-5-12-31)25-37(39)38-26-30(21-24-40(38)47)46-48-41-17-10-16-35-32-13-6-7-15-36(32)45(49-46)44(35)41/h3-27H,1-2H3. The summed E-state index contributed by atoms with van der Waals surface area (Å²) in [4.78, 5) is 10.4. The second kappa shape index (κ2) is 9.87. The van der Waals surface area contributed by atoms with Gasteiger partial charge in [0.05, 0.1) is 22.2 Å². The second-order valence-corrected chi connectivity index (χ2v) is 14.2. The average molecular weight is 638 g/mol. The molecular weight excluding hydrogens is 607 g/mol. The number of hydrogen-bond donors (Lipinski definition) is 0. The minimum absolute atomic E-state index is 0.114. The van der Waals surface area contributed by atoms with Crippen molar-refractivity contribution in [1.82, 2.24) is 14.5 Å². The van der Waals surface area contributed by atoms with Crippen molar-refractivity contribution in [3.8, 4) is 61.7 Å². The van der Waals surface area contributed by atoms with Crippen molar-refractivity contribution in [2.24, 2.45) is 0 Å². The van der Waals surface area contributed by atoms with Crippen LogP contribution in [0.1, 0.15) is 25.0 Å². The van der Waals surface area contributed by atoms with Crippen LogP contribution in [0.4, 0.5) is 0 Å². The monoisotopic (exact) mass is 637 g/mol. The molecule has 0 N–H and O–H groups in total. The predicted octanol–water partition coefficient (Wildman–Crippen LogP) is 12.0. The first kappa shape index (κ1) is 27.6. The molecular formula is C47H31N3. The Kier molecular flexibility index (Phi) is 5.45. The van der Waals surface area contributed by atoms with Gasteiger partial charge in [-0.3, -0.25) is 0 Å². The van der Waals surface area contributed by atoms with Crippen molar-refractivity contribution in [2.75, 3.05) is 0 Å². The summed E-state index contributed by atoms with van der Waals surface area (Å²) < 4.78 is 2.39. The van der Waals surface area contributed by atoms with Gasteiger partial charge in [-0.15, -0.1) is 0 Å². The summed E-state index contributed by atoms with van der Waals surface area (Å²) in [6.45, 7) is 4.68. The Morgan fingerprint density at radius 3 is 1.94 bits per heavy atom. The lowest BCUT2D eigenvalue weighted by atomic mass is 9.82. The van der Waals surface area contributed by atoms with E-state index < -0.39 is 0 Å². The quantitative estimate of drug-likeness (QED) is 0.193. The lowest BCUT2D eigenvalue weighted by molar-refractivity contribution is 0.660. The molecule has 0 amide bonds. The zero-order valence-corrected chi connectivity index (χ0v) is 27.8. The molecule has 2 aliphatic rings. The van der Waals surface area contributed by atoms with E-state index in [1.165, 1.54) is 77.6 Å². The normalized spacial score (nSPS) is 13.6. The van der Waals surface area contributed by atoms with Crippen LogP contribution in [0.15, 0.2) is 152 Å². The van der Waals surface area contributed by atoms with Gasteiger partial charge < -0.3 is 4.57 Å². The van der Waals surface area contributed by atoms with Crippen molar-refractivity contribution < 1.29 is 0 Å². The summed E-state index contributed by atoms with van der Waals surface area (Å²) in [5, 5.41) is 3.68. The molecule has 3 nitrogen and oxygen atoms in total. The third kappa shape index (κ3) is 3.69. The topological polar surface area (TPSA) is 30.7 Å². The molecule has 2 aliphatic carbocycles. The maximum atomic E-state index is 5.23. The summed E-state index contributed by atoms with van der Waals surface area (Å²) in [7, 11) is 0. The van der Waals surface area contributed by atoms with Gasteiger partial charge in [-0.1, -0.05) is 123 Å². The van der Waals surface area contributed by atoms with Crippen molar-refractivity contribution in [3.63, 3.8) is 0 Å². The van der Waals surface area contributed by atoms with E-state index >= 15 is 0 Å². The minimum atomic E-state index is -0.114. The second-order valence-electron chi connectivity index (χ2n) is 14.2. The summed E-state index contributed by atoms with van der Waals surface area (Å²) in [5.74, 6) is 0.769. The molecule has 0 radical (unpaired) electrons. The molecule has 0 saturated heterocycles. The fraction of sp³-hybridized carbons (Fsp3) is 0.0638. The van der Waals surface area contributed by atoms with Crippen LogP contribution in [0.3, 0.4) is 0 Å². The van der Waals surface area contributed by atoms with E-state index in [1.807, 2.05) is 0 Å². The van der Waals surface area contributed by atoms with Crippen LogP contribution in [-0.2, 0) is 5.41 Å². The summed E-state index contributed by atoms with van der Waals surface area (Å²) in [6, 6.07) is 55.2. The molecule has 0 bridgehead atoms. The SMILES string of the molecule is CC1(C)c2ccc(-c3ccc4c5ccccc5n(-c5ccccc5)c4c3)cc2-c2cc(-c3nc4c5c(cccc5n3)-c3ccccc3-4)ccc21. The van der Waals surface area contributed by atoms with Gasteiger partial charge >= 0.3 is 0 Å². The highest BCUT2D eigenvalue weighted by atomic mass is 15.0. The van der Waals surface area contributed by atoms with Gasteiger partial charge in [0.1, 0.15) is 0 Å². The minimum Gasteiger partial charge on any atom is -0.309 e. The van der Waals surface area contributed by atoms with Crippen molar-refractivity contribution >= 4 is 32.7 Å². The highest BCUT2D eigenvalue weighted by Gasteiger charge is 2.36. The molecule has 11 rings (SSSR count). The largest absolute Gasteiger partial charge is 0.309 e. The number of para-hydroxylation sites is 2. The summed E-state index contributed by atoms with van der Waals surface area (Å²) in [6.07, 6.45) is 0. The van der Waals surface area contributed by atoms with Crippen LogP contribution in [-0.4, -0.2) is 14.5 Å². The molecule has 0 unspecified atom stereocenters. The van der Waals surface area contributed by atoms with E-state index in [4.69, 9.17) is 9.97 Å². The van der Waals surface area contributed by atoms with Gasteiger partial charge in [0.15, 0.2) is 5.82 Å². The molecule has 234 valence electrons. The number of rotatable bonds is 3. The highest BCUT2D eigenvalue weighted by molar-refractivity contribution is 6.13. The Bertz CT molecular complexity index is 2890. The zero-order chi connectivity index (χ0) is 33.1. The molecule has 9 aromatic rings. The molecule has 0 fully saturated rings. The lowest BCUT2D eigenvalue weighted by Crippen LogP contribution is -2.14. The summed E-state index contributed by atoms with van der Waals surface area (Å²) in [5.41, 5.74) is 17.8. The van der Waals surface area contributed by atoms with E-state index in [0.29, 0.717) is 0 Å². The Morgan fingerprint density at radius 1 is 0.460 bits per heavy atom. The van der Waals surface area contributed by atoms with E-state index in [0.717, 1.165) is 28.0 Å². The fourth-order valence-electron chi connectivity index (χ4n) is 8.75. The first-order valence-corrected chi connectivity index (χ1v) is 17.3. The van der Waals surface area contributed by atoms with Gasteiger partial charge in [-0.05, 0) is 87.0 Å². The number of nitrogens with zero attached hydrogens (tertiary/aromatic N) is 3. The van der Waals surface area contributed by atoms with Gasteiger partial charge in [-0.25, -0.2) is 9.97 Å². The number of hydrogen-bond acceptors (Lipinski definition) is 2. The smallest absolute Gasteiger partial charge is 0.160 e. The van der Waals surface area contributed by atoms with Crippen LogP contribution >= 0.6 is 0 Å². The Balaban J connectivity index is 1.07. The highest BCUT2D eigenvalue weighted by Crippen LogP contribution is 2.51. The Morgan fingerprint density at radius 2 is 1.10 bits per heavy atom. The van der Waals surface area contributed by atoms with Gasteiger partial charge in [0, 0.05) is 38.4 Å². The van der Waals surface area contributed by atoms with Gasteiger partial charge in [0.2, 0.25) is 0 Å². The molecule has 0 spiro atoms. The van der Waals surface area contributed by atoms with Crippen LogP contribution < -0.4 is 0 Å². The first-order chi connectivity index (χ1) is 24.5. The number of benzene rings is 7. The van der Waals surface area contributed by atoms with Gasteiger partial charge in [-0.2, -0.15) is 0 Å². The maximum Gasteiger partial charge on any atom is 0.160 e. The predicted molar refractivity (Wildman–Crippen MR) is 207 cm³/mol. The number of aromatic nitrogens is 3. The van der Waals surface area contributed by atoms with Crippen LogP contribution in [0.5, 0.6) is 0 Å². The van der Waals surface area contributed by atoms with E-state index in [1.54, 1.807) is 0 Å². The molecule has 2 heterocycles. The zero-order valence-electron chi connectivity index (χ0n) is 27.8. The lowest BCUT2D eigenvalue weighted by Gasteiger charge is -2.21. The van der Waals surface area contributed by atoms with Crippen LogP contribution in [0, 0.1) is 0 Å². The Hall–Kier alpha value is -6.32. The van der Waals surface area contributed by atoms with E-state index in [2.05, 4.69) is 170 Å². The van der Waals surface area contributed by atoms with E-state index in [9.17, 15) is 0 Å². The van der Waals surface area contributed by atoms with Crippen molar-refractivity contribution in [1.29, 1.82) is 0 Å². The first-order valence-electron chi connectivity index (χ1n) is 17.3. The third-order valence-corrected chi connectivity index (χ3v) is 11.2. The van der Waals surface area contributed by atoms with E-state index in [-0.39, 0.29) is 5.41 Å². The molecule has 0 aliphatic heterocycles. The van der Waals surface area contributed by atoms with Crippen LogP contribution in [0.25, 0.3) is 94.4 Å². The van der Waals surface area contributed by atoms with Crippen LogP contribution in [0.2, 0.25) is 0 Å². The van der Waals surface area contributed by atoms with Crippen molar-refractivity contribution in [3.05, 3.63) is 163 Å². The molecule has 0 atom stereocenters. The molecule has 2 aromatic heterocycles. The third-order valence-electron chi connectivity index (χ3n) is 11.2. The molecule has 3 heteroatoms. The Labute approximate surface area is 290 Å². The molecule has 50 heavy (non-hydrogen) atoms. The van der Waals surface area contributed by atoms with Crippen molar-refractivity contribution in [2.45, 2.75) is 19.3 Å². The van der Waals surface area contributed by atoms with Gasteiger partial charge in [0.25, 0.3) is 0 Å². The number of fused-ring (bicyclic) bond motifs is 9. The molecule has 7 aromatic carbocycles. The molecule has 0 saturated carbocycles.